The van der Waals surface area contributed by atoms with Gasteiger partial charge < -0.3 is 9.64 Å². The van der Waals surface area contributed by atoms with Gasteiger partial charge in [0, 0.05) is 11.6 Å². The number of hydrogen-bond donors (Lipinski definition) is 0. The van der Waals surface area contributed by atoms with Crippen LogP contribution in [-0.2, 0) is 9.53 Å². The second kappa shape index (κ2) is 5.17. The van der Waals surface area contributed by atoms with Gasteiger partial charge in [0.15, 0.2) is 0 Å². The van der Waals surface area contributed by atoms with Crippen molar-refractivity contribution in [2.45, 2.75) is 44.2 Å². The molecule has 0 spiro atoms. The number of hydrogen-bond acceptors (Lipinski definition) is 3. The lowest BCUT2D eigenvalue weighted by molar-refractivity contribution is -0.155. The van der Waals surface area contributed by atoms with Gasteiger partial charge in [-0.2, -0.15) is 0 Å². The van der Waals surface area contributed by atoms with E-state index >= 15 is 0 Å². The Morgan fingerprint density at radius 3 is 2.52 bits per heavy atom. The first-order chi connectivity index (χ1) is 10.1. The summed E-state index contributed by atoms with van der Waals surface area (Å²) in [6.45, 7) is 2.17. The highest BCUT2D eigenvalue weighted by Gasteiger charge is 2.58. The van der Waals surface area contributed by atoms with Crippen LogP contribution in [0.4, 0.5) is 0 Å². The number of ether oxygens (including phenoxy) is 1. The molecule has 0 N–H and O–H groups in total. The lowest BCUT2D eigenvalue weighted by Crippen LogP contribution is -2.60. The van der Waals surface area contributed by atoms with Gasteiger partial charge in [-0.3, -0.25) is 4.79 Å². The van der Waals surface area contributed by atoms with Gasteiger partial charge in [-0.1, -0.05) is 25.1 Å². The lowest BCUT2D eigenvalue weighted by Gasteiger charge is -2.45. The minimum absolute atomic E-state index is 0.0462. The highest BCUT2D eigenvalue weighted by Crippen LogP contribution is 2.47. The fraction of sp³-hybridized carbons (Fsp3) is 0.529. The second-order valence-corrected chi connectivity index (χ2v) is 6.19. The maximum atomic E-state index is 12.9. The lowest BCUT2D eigenvalue weighted by atomic mass is 9.83. The van der Waals surface area contributed by atoms with Gasteiger partial charge >= 0.3 is 5.97 Å². The zero-order valence-corrected chi connectivity index (χ0v) is 12.5. The predicted molar refractivity (Wildman–Crippen MR) is 78.8 cm³/mol. The van der Waals surface area contributed by atoms with E-state index in [9.17, 15) is 9.59 Å². The van der Waals surface area contributed by atoms with Crippen LogP contribution in [0.1, 0.15) is 43.0 Å². The number of carbonyl (C=O) groups excluding carboxylic acids is 2. The van der Waals surface area contributed by atoms with Crippen LogP contribution in [0.15, 0.2) is 30.3 Å². The largest absolute Gasteiger partial charge is 0.467 e. The normalized spacial score (nSPS) is 31.0. The van der Waals surface area contributed by atoms with Crippen molar-refractivity contribution in [1.29, 1.82) is 0 Å². The number of nitrogens with zero attached hydrogens (tertiary/aromatic N) is 1. The van der Waals surface area contributed by atoms with Crippen molar-refractivity contribution in [2.75, 3.05) is 7.11 Å². The van der Waals surface area contributed by atoms with Crippen LogP contribution in [-0.4, -0.2) is 35.5 Å². The molecular weight excluding hydrogens is 266 g/mol. The van der Waals surface area contributed by atoms with Gasteiger partial charge in [-0.25, -0.2) is 4.79 Å². The summed E-state index contributed by atoms with van der Waals surface area (Å²) in [5.41, 5.74) is -0.106. The summed E-state index contributed by atoms with van der Waals surface area (Å²) in [5.74, 6) is 0.120. The van der Waals surface area contributed by atoms with Gasteiger partial charge in [-0.15, -0.1) is 0 Å². The van der Waals surface area contributed by atoms with E-state index < -0.39 is 5.54 Å². The maximum absolute atomic E-state index is 12.9. The van der Waals surface area contributed by atoms with E-state index in [1.165, 1.54) is 7.11 Å². The molecule has 4 nitrogen and oxygen atoms in total. The SMILES string of the molecule is COC(=O)C12CCC(C)C(CC1)N2C(=O)c1ccccc1. The van der Waals surface area contributed by atoms with E-state index in [1.807, 2.05) is 35.2 Å². The van der Waals surface area contributed by atoms with Gasteiger partial charge in [0.05, 0.1) is 7.11 Å². The molecule has 112 valence electrons. The molecule has 2 saturated heterocycles. The number of methoxy groups -OCH3 is 1. The Bertz CT molecular complexity index is 556. The summed E-state index contributed by atoms with van der Waals surface area (Å²) in [7, 11) is 1.41. The molecule has 0 aromatic heterocycles. The van der Waals surface area contributed by atoms with E-state index in [0.717, 1.165) is 12.8 Å². The topological polar surface area (TPSA) is 46.6 Å². The molecule has 0 radical (unpaired) electrons. The van der Waals surface area contributed by atoms with E-state index in [1.54, 1.807) is 0 Å². The molecule has 1 aromatic rings. The Kier molecular flexibility index (Phi) is 3.47. The van der Waals surface area contributed by atoms with Crippen LogP contribution in [0, 0.1) is 5.92 Å². The van der Waals surface area contributed by atoms with Crippen LogP contribution in [0.5, 0.6) is 0 Å². The first-order valence-corrected chi connectivity index (χ1v) is 7.57. The minimum Gasteiger partial charge on any atom is -0.467 e. The van der Waals surface area contributed by atoms with Crippen LogP contribution in [0.3, 0.4) is 0 Å². The summed E-state index contributed by atoms with van der Waals surface area (Å²) in [5, 5.41) is 0. The Hall–Kier alpha value is -1.84. The van der Waals surface area contributed by atoms with Crippen molar-refractivity contribution in [3.8, 4) is 0 Å². The fourth-order valence-corrected chi connectivity index (χ4v) is 3.95. The highest BCUT2D eigenvalue weighted by molar-refractivity contribution is 5.99. The third-order valence-electron chi connectivity index (χ3n) is 5.12. The number of esters is 1. The molecule has 0 aliphatic carbocycles. The minimum atomic E-state index is -0.751. The standard InChI is InChI=1S/C17H21NO3/c1-12-8-10-17(16(20)21-2)11-9-14(12)18(17)15(19)13-6-4-3-5-7-13/h3-7,12,14H,8-11H2,1-2H3. The highest BCUT2D eigenvalue weighted by atomic mass is 16.5. The molecule has 3 rings (SSSR count). The summed E-state index contributed by atoms with van der Waals surface area (Å²) in [6.07, 6.45) is 3.27. The molecule has 2 heterocycles. The van der Waals surface area contributed by atoms with Crippen molar-refractivity contribution in [3.05, 3.63) is 35.9 Å². The predicted octanol–water partition coefficient (Wildman–Crippen LogP) is 2.63. The van der Waals surface area contributed by atoms with Crippen molar-refractivity contribution in [1.82, 2.24) is 4.90 Å². The number of carbonyl (C=O) groups is 2. The smallest absolute Gasteiger partial charge is 0.331 e. The molecule has 3 unspecified atom stereocenters. The maximum Gasteiger partial charge on any atom is 0.331 e. The first kappa shape index (κ1) is 14.1. The first-order valence-electron chi connectivity index (χ1n) is 7.57. The zero-order valence-electron chi connectivity index (χ0n) is 12.5. The van der Waals surface area contributed by atoms with Crippen LogP contribution < -0.4 is 0 Å². The number of fused-ring (bicyclic) bond motifs is 2. The summed E-state index contributed by atoms with van der Waals surface area (Å²) >= 11 is 0. The van der Waals surface area contributed by atoms with E-state index in [4.69, 9.17) is 4.74 Å². The Balaban J connectivity index is 2.01. The number of rotatable bonds is 2. The van der Waals surface area contributed by atoms with Gasteiger partial charge in [0.1, 0.15) is 5.54 Å². The molecule has 2 fully saturated rings. The molecule has 21 heavy (non-hydrogen) atoms. The summed E-state index contributed by atoms with van der Waals surface area (Å²) in [4.78, 5) is 27.2. The van der Waals surface area contributed by atoms with Crippen LogP contribution in [0.25, 0.3) is 0 Å². The zero-order chi connectivity index (χ0) is 15.0. The molecular formula is C17H21NO3. The van der Waals surface area contributed by atoms with Crippen LogP contribution >= 0.6 is 0 Å². The third-order valence-corrected chi connectivity index (χ3v) is 5.12. The monoisotopic (exact) mass is 287 g/mol. The van der Waals surface area contributed by atoms with Crippen molar-refractivity contribution in [3.63, 3.8) is 0 Å². The molecule has 2 bridgehead atoms. The summed E-state index contributed by atoms with van der Waals surface area (Å²) in [6, 6.07) is 9.37. The summed E-state index contributed by atoms with van der Waals surface area (Å²) < 4.78 is 5.03. The van der Waals surface area contributed by atoms with Crippen molar-refractivity contribution in [2.24, 2.45) is 5.92 Å². The molecule has 0 saturated carbocycles. The average Bonchev–Trinajstić information content (AvgIpc) is 2.84. The molecule has 3 atom stereocenters. The van der Waals surface area contributed by atoms with E-state index in [0.29, 0.717) is 24.3 Å². The fourth-order valence-electron chi connectivity index (χ4n) is 3.95. The number of piperidine rings is 1. The number of amides is 1. The van der Waals surface area contributed by atoms with E-state index in [2.05, 4.69) is 6.92 Å². The molecule has 1 aromatic carbocycles. The van der Waals surface area contributed by atoms with Gasteiger partial charge in [-0.05, 0) is 43.7 Å². The third kappa shape index (κ3) is 2.04. The van der Waals surface area contributed by atoms with Gasteiger partial charge in [0.25, 0.3) is 5.91 Å². The molecule has 2 aliphatic heterocycles. The van der Waals surface area contributed by atoms with E-state index in [-0.39, 0.29) is 17.9 Å². The average molecular weight is 287 g/mol. The van der Waals surface area contributed by atoms with Crippen LogP contribution in [0.2, 0.25) is 0 Å². The second-order valence-electron chi connectivity index (χ2n) is 6.19. The quantitative estimate of drug-likeness (QED) is 0.786. The number of benzene rings is 1. The molecule has 1 amide bonds. The molecule has 4 heteroatoms. The molecule has 2 aliphatic rings. The van der Waals surface area contributed by atoms with Gasteiger partial charge in [0.2, 0.25) is 0 Å². The Labute approximate surface area is 125 Å². The Morgan fingerprint density at radius 2 is 1.86 bits per heavy atom. The van der Waals surface area contributed by atoms with Crippen molar-refractivity contribution >= 4 is 11.9 Å². The van der Waals surface area contributed by atoms with Crippen molar-refractivity contribution < 1.29 is 14.3 Å². The Morgan fingerprint density at radius 1 is 1.19 bits per heavy atom.